The Balaban J connectivity index is 1.68. The molecule has 0 bridgehead atoms. The normalized spacial score (nSPS) is 15.3. The molecule has 5 nitrogen and oxygen atoms in total. The van der Waals surface area contributed by atoms with Gasteiger partial charge in [0, 0.05) is 23.7 Å². The van der Waals surface area contributed by atoms with E-state index in [-0.39, 0.29) is 16.6 Å². The number of nitrogens with zero attached hydrogens (tertiary/aromatic N) is 1. The Bertz CT molecular complexity index is 1010. The second kappa shape index (κ2) is 9.23. The quantitative estimate of drug-likeness (QED) is 0.685. The number of benzene rings is 2. The first kappa shape index (κ1) is 21.7. The average Bonchev–Trinajstić information content (AvgIpc) is 2.71. The fourth-order valence-electron chi connectivity index (χ4n) is 3.11. The van der Waals surface area contributed by atoms with Gasteiger partial charge in [-0.25, -0.2) is 17.2 Å². The molecule has 1 heterocycles. The monoisotopic (exact) mass is 440 g/mol. The molecule has 156 valence electrons. The molecule has 1 fully saturated rings. The molecular formula is C20H22F2N2O3S2. The van der Waals surface area contributed by atoms with Gasteiger partial charge in [0.1, 0.15) is 0 Å². The van der Waals surface area contributed by atoms with Crippen LogP contribution >= 0.6 is 11.8 Å². The first-order valence-corrected chi connectivity index (χ1v) is 11.7. The van der Waals surface area contributed by atoms with Crippen molar-refractivity contribution in [2.45, 2.75) is 36.0 Å². The van der Waals surface area contributed by atoms with E-state index in [9.17, 15) is 22.0 Å². The van der Waals surface area contributed by atoms with E-state index >= 15 is 0 Å². The Morgan fingerprint density at radius 2 is 1.79 bits per heavy atom. The number of hydrogen-bond donors (Lipinski definition) is 1. The van der Waals surface area contributed by atoms with Crippen LogP contribution in [0.4, 0.5) is 14.5 Å². The summed E-state index contributed by atoms with van der Waals surface area (Å²) >= 11 is 1.06. The zero-order chi connectivity index (χ0) is 21.0. The van der Waals surface area contributed by atoms with Crippen molar-refractivity contribution >= 4 is 33.4 Å². The van der Waals surface area contributed by atoms with Gasteiger partial charge in [0.15, 0.2) is 11.6 Å². The molecule has 1 amide bonds. The summed E-state index contributed by atoms with van der Waals surface area (Å²) in [6.07, 6.45) is 2.71. The van der Waals surface area contributed by atoms with E-state index in [0.29, 0.717) is 29.2 Å². The van der Waals surface area contributed by atoms with Gasteiger partial charge in [0.25, 0.3) is 0 Å². The number of amides is 1. The van der Waals surface area contributed by atoms with E-state index in [0.717, 1.165) is 43.2 Å². The fraction of sp³-hybridized carbons (Fsp3) is 0.350. The molecule has 9 heteroatoms. The van der Waals surface area contributed by atoms with Crippen LogP contribution in [-0.2, 0) is 14.8 Å². The Hall–Kier alpha value is -1.97. The number of anilines is 1. The van der Waals surface area contributed by atoms with E-state index in [2.05, 4.69) is 5.32 Å². The van der Waals surface area contributed by atoms with Gasteiger partial charge in [-0.15, -0.1) is 11.8 Å². The third-order valence-electron chi connectivity index (χ3n) is 4.67. The molecule has 1 saturated heterocycles. The maximum Gasteiger partial charge on any atom is 0.243 e. The van der Waals surface area contributed by atoms with E-state index in [1.807, 2.05) is 0 Å². The predicted molar refractivity (Wildman–Crippen MR) is 110 cm³/mol. The molecule has 2 aromatic rings. The highest BCUT2D eigenvalue weighted by Gasteiger charge is 2.27. The van der Waals surface area contributed by atoms with Crippen LogP contribution in [0.15, 0.2) is 46.2 Å². The topological polar surface area (TPSA) is 66.5 Å². The largest absolute Gasteiger partial charge is 0.325 e. The summed E-state index contributed by atoms with van der Waals surface area (Å²) in [5.74, 6) is -2.31. The van der Waals surface area contributed by atoms with Crippen LogP contribution in [0.2, 0.25) is 0 Å². The molecule has 1 aliphatic heterocycles. The number of piperidine rings is 1. The third kappa shape index (κ3) is 5.34. The van der Waals surface area contributed by atoms with Crippen molar-refractivity contribution < 1.29 is 22.0 Å². The van der Waals surface area contributed by atoms with Gasteiger partial charge in [0.2, 0.25) is 15.9 Å². The maximum atomic E-state index is 13.2. The summed E-state index contributed by atoms with van der Waals surface area (Å²) in [5.41, 5.74) is 0.992. The minimum absolute atomic E-state index is 0.0207. The number of nitrogens with one attached hydrogen (secondary N) is 1. The number of carbonyl (C=O) groups is 1. The van der Waals surface area contributed by atoms with Crippen molar-refractivity contribution in [3.05, 3.63) is 53.6 Å². The van der Waals surface area contributed by atoms with E-state index < -0.39 is 21.7 Å². The molecule has 0 atom stereocenters. The number of sulfonamides is 1. The molecule has 0 aromatic heterocycles. The Kier molecular flexibility index (Phi) is 6.92. The smallest absolute Gasteiger partial charge is 0.243 e. The SMILES string of the molecule is Cc1ccc(NC(=O)CSc2ccc(F)c(F)c2)cc1S(=O)(=O)N1CCCCC1. The first-order valence-electron chi connectivity index (χ1n) is 9.26. The highest BCUT2D eigenvalue weighted by atomic mass is 32.2. The van der Waals surface area contributed by atoms with Gasteiger partial charge in [-0.1, -0.05) is 12.5 Å². The minimum atomic E-state index is -3.62. The lowest BCUT2D eigenvalue weighted by Crippen LogP contribution is -2.36. The first-order chi connectivity index (χ1) is 13.8. The van der Waals surface area contributed by atoms with Crippen molar-refractivity contribution in [1.82, 2.24) is 4.31 Å². The van der Waals surface area contributed by atoms with Crippen LogP contribution in [0, 0.1) is 18.6 Å². The molecule has 0 saturated carbocycles. The lowest BCUT2D eigenvalue weighted by molar-refractivity contribution is -0.113. The molecule has 1 N–H and O–H groups in total. The van der Waals surface area contributed by atoms with Crippen molar-refractivity contribution in [2.75, 3.05) is 24.2 Å². The minimum Gasteiger partial charge on any atom is -0.325 e. The van der Waals surface area contributed by atoms with Gasteiger partial charge in [-0.05, 0) is 55.7 Å². The zero-order valence-corrected chi connectivity index (χ0v) is 17.6. The highest BCUT2D eigenvalue weighted by Crippen LogP contribution is 2.26. The number of halogens is 2. The standard InChI is InChI=1S/C20H22F2N2O3S2/c1-14-5-6-15(11-19(14)29(26,27)24-9-3-2-4-10-24)23-20(25)13-28-16-7-8-17(21)18(22)12-16/h5-8,11-12H,2-4,9-10,13H2,1H3,(H,23,25). The van der Waals surface area contributed by atoms with Crippen LogP contribution < -0.4 is 5.32 Å². The summed E-state index contributed by atoms with van der Waals surface area (Å²) in [7, 11) is -3.62. The number of rotatable bonds is 6. The van der Waals surface area contributed by atoms with E-state index in [1.165, 1.54) is 16.4 Å². The van der Waals surface area contributed by atoms with Crippen LogP contribution in [-0.4, -0.2) is 37.5 Å². The van der Waals surface area contributed by atoms with Crippen molar-refractivity contribution in [2.24, 2.45) is 0 Å². The van der Waals surface area contributed by atoms with Gasteiger partial charge < -0.3 is 5.32 Å². The van der Waals surface area contributed by atoms with Gasteiger partial charge >= 0.3 is 0 Å². The summed E-state index contributed by atoms with van der Waals surface area (Å²) < 4.78 is 53.6. The summed E-state index contributed by atoms with van der Waals surface area (Å²) in [6, 6.07) is 8.21. The van der Waals surface area contributed by atoms with Crippen molar-refractivity contribution in [3.8, 4) is 0 Å². The van der Waals surface area contributed by atoms with Crippen molar-refractivity contribution in [3.63, 3.8) is 0 Å². The van der Waals surface area contributed by atoms with Crippen LogP contribution in [0.25, 0.3) is 0 Å². The molecular weight excluding hydrogens is 418 g/mol. The van der Waals surface area contributed by atoms with Crippen LogP contribution in [0.5, 0.6) is 0 Å². The fourth-order valence-corrected chi connectivity index (χ4v) is 5.60. The second-order valence-electron chi connectivity index (χ2n) is 6.86. The van der Waals surface area contributed by atoms with E-state index in [4.69, 9.17) is 0 Å². The number of thioether (sulfide) groups is 1. The van der Waals surface area contributed by atoms with Crippen LogP contribution in [0.1, 0.15) is 24.8 Å². The molecule has 3 rings (SSSR count). The Labute approximate surface area is 173 Å². The molecule has 0 aliphatic carbocycles. The Morgan fingerprint density at radius 1 is 1.07 bits per heavy atom. The molecule has 1 aliphatic rings. The summed E-state index contributed by atoms with van der Waals surface area (Å²) in [6.45, 7) is 2.73. The molecule has 0 unspecified atom stereocenters. The number of hydrogen-bond acceptors (Lipinski definition) is 4. The van der Waals surface area contributed by atoms with E-state index in [1.54, 1.807) is 19.1 Å². The van der Waals surface area contributed by atoms with Gasteiger partial charge in [-0.3, -0.25) is 4.79 Å². The molecule has 0 radical (unpaired) electrons. The second-order valence-corrected chi connectivity index (χ2v) is 9.81. The zero-order valence-electron chi connectivity index (χ0n) is 16.0. The highest BCUT2D eigenvalue weighted by molar-refractivity contribution is 8.00. The summed E-state index contributed by atoms with van der Waals surface area (Å²) in [4.78, 5) is 12.8. The molecule has 0 spiro atoms. The number of carbonyl (C=O) groups excluding carboxylic acids is 1. The van der Waals surface area contributed by atoms with Crippen LogP contribution in [0.3, 0.4) is 0 Å². The lowest BCUT2D eigenvalue weighted by atomic mass is 10.2. The van der Waals surface area contributed by atoms with Gasteiger partial charge in [-0.2, -0.15) is 4.31 Å². The third-order valence-corrected chi connectivity index (χ3v) is 7.70. The molecule has 29 heavy (non-hydrogen) atoms. The number of aryl methyl sites for hydroxylation is 1. The average molecular weight is 441 g/mol. The molecule has 2 aromatic carbocycles. The van der Waals surface area contributed by atoms with Gasteiger partial charge in [0.05, 0.1) is 10.6 Å². The maximum absolute atomic E-state index is 13.2. The Morgan fingerprint density at radius 3 is 2.48 bits per heavy atom. The van der Waals surface area contributed by atoms with Crippen molar-refractivity contribution in [1.29, 1.82) is 0 Å². The summed E-state index contributed by atoms with van der Waals surface area (Å²) in [5, 5.41) is 2.67. The lowest BCUT2D eigenvalue weighted by Gasteiger charge is -2.26. The predicted octanol–water partition coefficient (Wildman–Crippen LogP) is 4.18.